The molecule has 13 heteroatoms. The largest absolute Gasteiger partial charge is 0.454 e. The van der Waals surface area contributed by atoms with Crippen molar-refractivity contribution in [2.24, 2.45) is 11.3 Å². The molecular weight excluding hydrogens is 449 g/mol. The van der Waals surface area contributed by atoms with E-state index in [1.807, 2.05) is 0 Å². The SMILES string of the molecule is CCC(C)(C)C1CCC2(CC1)NC(=O)N(CC(=O)OCC(=O)NC(=O)NCC(F)(F)F)C2=O. The van der Waals surface area contributed by atoms with Crippen LogP contribution in [-0.4, -0.2) is 66.2 Å². The van der Waals surface area contributed by atoms with E-state index < -0.39 is 61.3 Å². The van der Waals surface area contributed by atoms with E-state index in [4.69, 9.17) is 0 Å². The third kappa shape index (κ3) is 6.81. The van der Waals surface area contributed by atoms with Crippen molar-refractivity contribution in [3.63, 3.8) is 0 Å². The van der Waals surface area contributed by atoms with E-state index in [-0.39, 0.29) is 5.41 Å². The minimum absolute atomic E-state index is 0.112. The summed E-state index contributed by atoms with van der Waals surface area (Å²) < 4.78 is 40.7. The molecule has 6 amide bonds. The summed E-state index contributed by atoms with van der Waals surface area (Å²) in [5.41, 5.74) is -0.952. The number of ether oxygens (including phenoxy) is 1. The number of esters is 1. The Bertz CT molecular complexity index is 806. The number of nitrogens with zero attached hydrogens (tertiary/aromatic N) is 1. The molecule has 1 spiro atoms. The van der Waals surface area contributed by atoms with Gasteiger partial charge in [0.25, 0.3) is 11.8 Å². The molecule has 2 aliphatic rings. The van der Waals surface area contributed by atoms with E-state index in [0.717, 1.165) is 24.2 Å². The maximum Gasteiger partial charge on any atom is 0.405 e. The molecule has 186 valence electrons. The molecule has 0 aromatic carbocycles. The van der Waals surface area contributed by atoms with Gasteiger partial charge >= 0.3 is 24.2 Å². The highest BCUT2D eigenvalue weighted by Crippen LogP contribution is 2.45. The summed E-state index contributed by atoms with van der Waals surface area (Å²) in [6, 6.07) is -2.15. The van der Waals surface area contributed by atoms with Crippen molar-refractivity contribution in [3.05, 3.63) is 0 Å². The van der Waals surface area contributed by atoms with E-state index in [0.29, 0.717) is 18.8 Å². The third-order valence-corrected chi connectivity index (χ3v) is 6.46. The van der Waals surface area contributed by atoms with Gasteiger partial charge in [-0.25, -0.2) is 9.59 Å². The lowest BCUT2D eigenvalue weighted by atomic mass is 9.65. The lowest BCUT2D eigenvalue weighted by Gasteiger charge is -2.42. The van der Waals surface area contributed by atoms with Gasteiger partial charge < -0.3 is 15.4 Å². The fourth-order valence-electron chi connectivity index (χ4n) is 4.05. The lowest BCUT2D eigenvalue weighted by Crippen LogP contribution is -2.51. The van der Waals surface area contributed by atoms with Gasteiger partial charge in [-0.3, -0.25) is 24.6 Å². The fourth-order valence-corrected chi connectivity index (χ4v) is 4.05. The van der Waals surface area contributed by atoms with Crippen LogP contribution in [0.3, 0.4) is 0 Å². The van der Waals surface area contributed by atoms with Crippen molar-refractivity contribution in [2.45, 2.75) is 64.6 Å². The van der Waals surface area contributed by atoms with Crippen molar-refractivity contribution < 1.29 is 41.9 Å². The minimum Gasteiger partial charge on any atom is -0.454 e. The molecule has 0 unspecified atom stereocenters. The number of imide groups is 2. The lowest BCUT2D eigenvalue weighted by molar-refractivity contribution is -0.151. The Morgan fingerprint density at radius 1 is 1.18 bits per heavy atom. The van der Waals surface area contributed by atoms with Crippen molar-refractivity contribution in [1.29, 1.82) is 0 Å². The summed E-state index contributed by atoms with van der Waals surface area (Å²) in [5, 5.41) is 5.67. The average Bonchev–Trinajstić information content (AvgIpc) is 2.94. The summed E-state index contributed by atoms with van der Waals surface area (Å²) in [5.74, 6) is -2.38. The Balaban J connectivity index is 1.82. The summed E-state index contributed by atoms with van der Waals surface area (Å²) >= 11 is 0. The molecule has 2 rings (SSSR count). The van der Waals surface area contributed by atoms with Gasteiger partial charge in [0.15, 0.2) is 6.61 Å². The second-order valence-corrected chi connectivity index (χ2v) is 9.03. The van der Waals surface area contributed by atoms with Crippen LogP contribution in [0.25, 0.3) is 0 Å². The second-order valence-electron chi connectivity index (χ2n) is 9.03. The molecule has 33 heavy (non-hydrogen) atoms. The van der Waals surface area contributed by atoms with E-state index >= 15 is 0 Å². The maximum absolute atomic E-state index is 12.9. The Morgan fingerprint density at radius 3 is 2.33 bits per heavy atom. The standard InChI is InChI=1S/C20H29F3N4O6/c1-4-18(2,3)12-5-7-19(8-6-12)15(30)27(17(32)26-19)9-14(29)33-10-13(28)25-16(31)24-11-20(21,22)23/h12H,4-11H2,1-3H3,(H,26,32)(H2,24,25,28,31). The first kappa shape index (κ1) is 26.4. The van der Waals surface area contributed by atoms with Crippen molar-refractivity contribution >= 4 is 29.8 Å². The molecule has 1 aliphatic carbocycles. The molecule has 1 aliphatic heterocycles. The van der Waals surface area contributed by atoms with Gasteiger partial charge in [-0.05, 0) is 37.0 Å². The van der Waals surface area contributed by atoms with Gasteiger partial charge in [-0.2, -0.15) is 13.2 Å². The molecule has 3 N–H and O–H groups in total. The molecule has 2 fully saturated rings. The van der Waals surface area contributed by atoms with E-state index in [1.165, 1.54) is 5.32 Å². The molecule has 0 bridgehead atoms. The van der Waals surface area contributed by atoms with Crippen LogP contribution in [0, 0.1) is 11.3 Å². The van der Waals surface area contributed by atoms with E-state index in [2.05, 4.69) is 30.8 Å². The quantitative estimate of drug-likeness (QED) is 0.378. The molecule has 10 nitrogen and oxygen atoms in total. The van der Waals surface area contributed by atoms with E-state index in [9.17, 15) is 37.1 Å². The first-order valence-corrected chi connectivity index (χ1v) is 10.6. The third-order valence-electron chi connectivity index (χ3n) is 6.46. The number of hydrogen-bond acceptors (Lipinski definition) is 6. The number of halogens is 3. The first-order valence-electron chi connectivity index (χ1n) is 10.6. The first-order chi connectivity index (χ1) is 15.2. The van der Waals surface area contributed by atoms with Crippen molar-refractivity contribution in [2.75, 3.05) is 19.7 Å². The van der Waals surface area contributed by atoms with Crippen LogP contribution < -0.4 is 16.0 Å². The summed E-state index contributed by atoms with van der Waals surface area (Å²) in [4.78, 5) is 60.7. The highest BCUT2D eigenvalue weighted by atomic mass is 19.4. The van der Waals surface area contributed by atoms with Crippen LogP contribution in [0.1, 0.15) is 52.9 Å². The molecule has 0 atom stereocenters. The smallest absolute Gasteiger partial charge is 0.405 e. The minimum atomic E-state index is -4.65. The monoisotopic (exact) mass is 478 g/mol. The van der Waals surface area contributed by atoms with Crippen LogP contribution in [-0.2, 0) is 19.1 Å². The normalized spacial score (nSPS) is 23.3. The zero-order valence-electron chi connectivity index (χ0n) is 18.8. The summed E-state index contributed by atoms with van der Waals surface area (Å²) in [6.07, 6.45) is -1.26. The van der Waals surface area contributed by atoms with Crippen LogP contribution in [0.5, 0.6) is 0 Å². The summed E-state index contributed by atoms with van der Waals surface area (Å²) in [6.45, 7) is 3.10. The van der Waals surface area contributed by atoms with Crippen LogP contribution >= 0.6 is 0 Å². The average molecular weight is 478 g/mol. The molecule has 1 heterocycles. The Hall–Kier alpha value is -2.86. The molecule has 0 aromatic heterocycles. The number of amides is 6. The predicted octanol–water partition coefficient (Wildman–Crippen LogP) is 1.83. The zero-order valence-corrected chi connectivity index (χ0v) is 18.8. The van der Waals surface area contributed by atoms with Crippen LogP contribution in [0.15, 0.2) is 0 Å². The molecule has 1 saturated heterocycles. The number of hydrogen-bond donors (Lipinski definition) is 3. The Kier molecular flexibility index (Phi) is 7.96. The van der Waals surface area contributed by atoms with Crippen molar-refractivity contribution in [3.8, 4) is 0 Å². The Morgan fingerprint density at radius 2 is 1.79 bits per heavy atom. The maximum atomic E-state index is 12.9. The number of carbonyl (C=O) groups excluding carboxylic acids is 5. The predicted molar refractivity (Wildman–Crippen MR) is 108 cm³/mol. The van der Waals surface area contributed by atoms with Crippen molar-refractivity contribution in [1.82, 2.24) is 20.9 Å². The second kappa shape index (κ2) is 9.96. The highest BCUT2D eigenvalue weighted by Gasteiger charge is 2.53. The van der Waals surface area contributed by atoms with Crippen LogP contribution in [0.2, 0.25) is 0 Å². The van der Waals surface area contributed by atoms with Crippen LogP contribution in [0.4, 0.5) is 22.8 Å². The van der Waals surface area contributed by atoms with Gasteiger partial charge in [0, 0.05) is 0 Å². The Labute approximate surface area is 188 Å². The number of carbonyl (C=O) groups is 5. The summed E-state index contributed by atoms with van der Waals surface area (Å²) in [7, 11) is 0. The fraction of sp³-hybridized carbons (Fsp3) is 0.750. The molecule has 0 radical (unpaired) electrons. The van der Waals surface area contributed by atoms with E-state index in [1.54, 1.807) is 5.32 Å². The molecule has 0 aromatic rings. The number of urea groups is 2. The molecule has 1 saturated carbocycles. The van der Waals surface area contributed by atoms with Gasteiger partial charge in [0.2, 0.25) is 0 Å². The highest BCUT2D eigenvalue weighted by molar-refractivity contribution is 6.08. The van der Waals surface area contributed by atoms with Gasteiger partial charge in [0.05, 0.1) is 0 Å². The van der Waals surface area contributed by atoms with Gasteiger partial charge in [0.1, 0.15) is 18.6 Å². The topological polar surface area (TPSA) is 134 Å². The zero-order chi connectivity index (χ0) is 25.0. The number of alkyl halides is 3. The van der Waals surface area contributed by atoms with Gasteiger partial charge in [-0.1, -0.05) is 27.2 Å². The van der Waals surface area contributed by atoms with Gasteiger partial charge in [-0.15, -0.1) is 0 Å². The molecular formula is C20H29F3N4O6. The number of rotatable bonds is 7. The number of nitrogens with one attached hydrogen (secondary N) is 3.